The quantitative estimate of drug-likeness (QED) is 0.448. The number of aromatic nitrogens is 1. The van der Waals surface area contributed by atoms with Crippen LogP contribution in [0.4, 0.5) is 5.69 Å². The van der Waals surface area contributed by atoms with Gasteiger partial charge in [0.15, 0.2) is 4.80 Å². The number of ether oxygens (including phenoxy) is 1. The zero-order valence-electron chi connectivity index (χ0n) is 20.4. The second-order valence-electron chi connectivity index (χ2n) is 8.57. The Morgan fingerprint density at radius 3 is 2.50 bits per heavy atom. The molecule has 5 rings (SSSR count). The molecular formula is C28H25N3O4S. The molecule has 0 fully saturated rings. The van der Waals surface area contributed by atoms with Gasteiger partial charge in [-0.05, 0) is 68.3 Å². The van der Waals surface area contributed by atoms with Gasteiger partial charge in [0.1, 0.15) is 23.3 Å². The maximum Gasteiger partial charge on any atom is 0.271 e. The number of thiazole rings is 1. The van der Waals surface area contributed by atoms with Crippen molar-refractivity contribution in [3.8, 4) is 5.75 Å². The van der Waals surface area contributed by atoms with Crippen LogP contribution in [0.15, 0.2) is 86.1 Å². The van der Waals surface area contributed by atoms with Crippen LogP contribution in [0.2, 0.25) is 0 Å². The molecule has 0 aliphatic carbocycles. The molecule has 0 spiro atoms. The van der Waals surface area contributed by atoms with Gasteiger partial charge < -0.3 is 14.5 Å². The highest BCUT2D eigenvalue weighted by atomic mass is 32.1. The van der Waals surface area contributed by atoms with Gasteiger partial charge in [0.05, 0.1) is 22.9 Å². The molecule has 8 heteroatoms. The molecule has 1 amide bonds. The van der Waals surface area contributed by atoms with Gasteiger partial charge in [-0.25, -0.2) is 4.99 Å². The third-order valence-corrected chi connectivity index (χ3v) is 7.09. The fourth-order valence-electron chi connectivity index (χ4n) is 4.24. The molecule has 2 aromatic carbocycles. The Bertz CT molecular complexity index is 1670. The lowest BCUT2D eigenvalue weighted by Crippen LogP contribution is -2.40. The summed E-state index contributed by atoms with van der Waals surface area (Å²) in [4.78, 5) is 32.5. The molecule has 0 radical (unpaired) electrons. The molecule has 7 nitrogen and oxygen atoms in total. The van der Waals surface area contributed by atoms with Gasteiger partial charge in [-0.1, -0.05) is 41.7 Å². The number of methoxy groups -OCH3 is 1. The largest absolute Gasteiger partial charge is 0.497 e. The minimum atomic E-state index is -0.739. The average Bonchev–Trinajstić information content (AvgIpc) is 3.43. The molecule has 0 saturated heterocycles. The minimum Gasteiger partial charge on any atom is -0.497 e. The van der Waals surface area contributed by atoms with Gasteiger partial charge in [-0.3, -0.25) is 14.2 Å². The van der Waals surface area contributed by atoms with E-state index in [1.165, 1.54) is 11.3 Å². The number of anilines is 1. The molecule has 1 N–H and O–H groups in total. The molecule has 182 valence electrons. The maximum atomic E-state index is 13.7. The summed E-state index contributed by atoms with van der Waals surface area (Å²) in [6.45, 7) is 5.55. The van der Waals surface area contributed by atoms with Crippen molar-refractivity contribution in [2.45, 2.75) is 26.8 Å². The number of rotatable bonds is 5. The van der Waals surface area contributed by atoms with Gasteiger partial charge in [0.25, 0.3) is 11.5 Å². The molecule has 1 aliphatic heterocycles. The van der Waals surface area contributed by atoms with Crippen molar-refractivity contribution in [2.24, 2.45) is 4.99 Å². The zero-order chi connectivity index (χ0) is 25.4. The lowest BCUT2D eigenvalue weighted by molar-refractivity contribution is -0.113. The molecule has 1 aliphatic rings. The summed E-state index contributed by atoms with van der Waals surface area (Å²) in [7, 11) is 1.61. The van der Waals surface area contributed by atoms with Gasteiger partial charge in [-0.2, -0.15) is 0 Å². The number of fused-ring (bicyclic) bond motifs is 1. The van der Waals surface area contributed by atoms with E-state index in [2.05, 4.69) is 10.3 Å². The number of hydrogen-bond acceptors (Lipinski definition) is 6. The number of hydrogen-bond donors (Lipinski definition) is 1. The third-order valence-electron chi connectivity index (χ3n) is 6.10. The number of nitrogens with one attached hydrogen (secondary N) is 1. The van der Waals surface area contributed by atoms with E-state index in [1.54, 1.807) is 24.7 Å². The van der Waals surface area contributed by atoms with E-state index in [0.717, 1.165) is 16.9 Å². The van der Waals surface area contributed by atoms with E-state index in [0.29, 0.717) is 37.8 Å². The Kier molecular flexibility index (Phi) is 6.20. The van der Waals surface area contributed by atoms with Crippen molar-refractivity contribution < 1.29 is 13.9 Å². The van der Waals surface area contributed by atoms with Crippen molar-refractivity contribution in [1.82, 2.24) is 4.57 Å². The summed E-state index contributed by atoms with van der Waals surface area (Å²) in [5, 5.41) is 2.99. The van der Waals surface area contributed by atoms with E-state index in [9.17, 15) is 9.59 Å². The van der Waals surface area contributed by atoms with Crippen LogP contribution in [0.3, 0.4) is 0 Å². The van der Waals surface area contributed by atoms with Gasteiger partial charge >= 0.3 is 0 Å². The van der Waals surface area contributed by atoms with E-state index in [4.69, 9.17) is 9.15 Å². The first-order chi connectivity index (χ1) is 17.4. The fraction of sp³-hybridized carbons (Fsp3) is 0.179. The van der Waals surface area contributed by atoms with Gasteiger partial charge in [0, 0.05) is 5.69 Å². The highest BCUT2D eigenvalue weighted by Crippen LogP contribution is 2.32. The Morgan fingerprint density at radius 1 is 1.08 bits per heavy atom. The monoisotopic (exact) mass is 499 g/mol. The van der Waals surface area contributed by atoms with Crippen molar-refractivity contribution in [2.75, 3.05) is 12.4 Å². The van der Waals surface area contributed by atoms with Crippen molar-refractivity contribution in [1.29, 1.82) is 0 Å². The standard InChI is InChI=1S/C28H25N3O4S/c1-16-7-5-6-8-21(16)30-26(32)24-18(3)29-28-31(25(24)22-14-9-17(2)35-22)27(33)23(36-28)15-19-10-12-20(34-4)13-11-19/h5-15,25H,1-4H3,(H,30,32)/b23-15+. The fourth-order valence-corrected chi connectivity index (χ4v) is 5.28. The highest BCUT2D eigenvalue weighted by Gasteiger charge is 2.34. The number of para-hydroxylation sites is 1. The van der Waals surface area contributed by atoms with Crippen molar-refractivity contribution in [3.63, 3.8) is 0 Å². The normalized spacial score (nSPS) is 15.4. The molecule has 0 saturated carbocycles. The average molecular weight is 500 g/mol. The van der Waals surface area contributed by atoms with Crippen LogP contribution in [0.25, 0.3) is 6.08 Å². The minimum absolute atomic E-state index is 0.234. The van der Waals surface area contributed by atoms with Crippen LogP contribution in [0.5, 0.6) is 5.75 Å². The number of carbonyl (C=O) groups excluding carboxylic acids is 1. The molecule has 2 aromatic heterocycles. The number of furan rings is 1. The van der Waals surface area contributed by atoms with Crippen LogP contribution < -0.4 is 24.9 Å². The molecule has 1 atom stereocenters. The summed E-state index contributed by atoms with van der Waals surface area (Å²) in [6.07, 6.45) is 1.82. The lowest BCUT2D eigenvalue weighted by atomic mass is 10.00. The summed E-state index contributed by atoms with van der Waals surface area (Å²) in [5.41, 5.74) is 3.18. The summed E-state index contributed by atoms with van der Waals surface area (Å²) < 4.78 is 13.2. The van der Waals surface area contributed by atoms with E-state index >= 15 is 0 Å². The first kappa shape index (κ1) is 23.6. The molecule has 1 unspecified atom stereocenters. The van der Waals surface area contributed by atoms with Crippen LogP contribution >= 0.6 is 11.3 Å². The Hall–Kier alpha value is -4.17. The third kappa shape index (κ3) is 4.31. The molecule has 3 heterocycles. The summed E-state index contributed by atoms with van der Waals surface area (Å²) >= 11 is 1.29. The molecule has 0 bridgehead atoms. The van der Waals surface area contributed by atoms with Crippen molar-refractivity contribution in [3.05, 3.63) is 114 Å². The molecular weight excluding hydrogens is 474 g/mol. The Morgan fingerprint density at radius 2 is 1.83 bits per heavy atom. The smallest absolute Gasteiger partial charge is 0.271 e. The van der Waals surface area contributed by atoms with Crippen LogP contribution in [0.1, 0.15) is 35.6 Å². The van der Waals surface area contributed by atoms with E-state index in [-0.39, 0.29) is 11.5 Å². The van der Waals surface area contributed by atoms with Crippen LogP contribution in [-0.4, -0.2) is 17.6 Å². The number of aryl methyl sites for hydroxylation is 2. The van der Waals surface area contributed by atoms with Gasteiger partial charge in [0.2, 0.25) is 0 Å². The summed E-state index contributed by atoms with van der Waals surface area (Å²) in [6, 6.07) is 17.9. The van der Waals surface area contributed by atoms with Crippen molar-refractivity contribution >= 4 is 29.0 Å². The second-order valence-corrected chi connectivity index (χ2v) is 9.58. The highest BCUT2D eigenvalue weighted by molar-refractivity contribution is 7.07. The Labute approximate surface area is 211 Å². The van der Waals surface area contributed by atoms with E-state index < -0.39 is 6.04 Å². The van der Waals surface area contributed by atoms with Gasteiger partial charge in [-0.15, -0.1) is 0 Å². The first-order valence-corrected chi connectivity index (χ1v) is 12.3. The predicted molar refractivity (Wildman–Crippen MR) is 140 cm³/mol. The maximum absolute atomic E-state index is 13.7. The SMILES string of the molecule is COc1ccc(/C=c2/sc3n(c2=O)C(c2ccc(C)o2)C(C(=O)Nc2ccccc2C)=C(C)N=3)cc1. The summed E-state index contributed by atoms with van der Waals surface area (Å²) in [5.74, 6) is 1.61. The van der Waals surface area contributed by atoms with Crippen LogP contribution in [-0.2, 0) is 4.79 Å². The number of benzene rings is 2. The number of nitrogens with zero attached hydrogens (tertiary/aromatic N) is 2. The topological polar surface area (TPSA) is 85.8 Å². The second kappa shape index (κ2) is 9.47. The molecule has 36 heavy (non-hydrogen) atoms. The number of carbonyl (C=O) groups is 1. The zero-order valence-corrected chi connectivity index (χ0v) is 21.2. The lowest BCUT2D eigenvalue weighted by Gasteiger charge is -2.23. The predicted octanol–water partition coefficient (Wildman–Crippen LogP) is 4.09. The van der Waals surface area contributed by atoms with Crippen LogP contribution in [0, 0.1) is 13.8 Å². The Balaban J connectivity index is 1.64. The first-order valence-electron chi connectivity index (χ1n) is 11.5. The van der Waals surface area contributed by atoms with E-state index in [1.807, 2.05) is 74.5 Å². The number of allylic oxidation sites excluding steroid dienone is 1. The molecule has 4 aromatic rings. The number of amides is 1.